The fourth-order valence-corrected chi connectivity index (χ4v) is 2.84. The van der Waals surface area contributed by atoms with E-state index in [1.165, 1.54) is 23.5 Å². The number of thiazole rings is 1. The van der Waals surface area contributed by atoms with Gasteiger partial charge >= 0.3 is 5.13 Å². The molecular formula is C10H12ClFN2S2. The quantitative estimate of drug-likeness (QED) is 0.751. The second-order valence-corrected chi connectivity index (χ2v) is 5.24. The number of aromatic nitrogens is 1. The van der Waals surface area contributed by atoms with Crippen LogP contribution in [0.4, 0.5) is 9.52 Å². The lowest BCUT2D eigenvalue weighted by molar-refractivity contribution is -0.648. The van der Waals surface area contributed by atoms with Crippen LogP contribution in [-0.4, -0.2) is 12.0 Å². The van der Waals surface area contributed by atoms with Crippen LogP contribution in [0, 0.1) is 5.82 Å². The van der Waals surface area contributed by atoms with Gasteiger partial charge in [0.25, 0.3) is 0 Å². The largest absolute Gasteiger partial charge is 1.00 e. The first kappa shape index (κ1) is 13.5. The minimum Gasteiger partial charge on any atom is -1.00 e. The van der Waals surface area contributed by atoms with Crippen molar-refractivity contribution in [2.75, 3.05) is 17.7 Å². The van der Waals surface area contributed by atoms with Crippen LogP contribution in [0.3, 0.4) is 0 Å². The molecular weight excluding hydrogens is 267 g/mol. The zero-order chi connectivity index (χ0) is 10.8. The highest BCUT2D eigenvalue weighted by molar-refractivity contribution is 7.98. The Hall–Kier alpha value is -0.520. The molecule has 0 bridgehead atoms. The number of hydrogen-bond donors (Lipinski definition) is 1. The number of nitrogens with zero attached hydrogens (tertiary/aromatic N) is 1. The van der Waals surface area contributed by atoms with Crippen molar-refractivity contribution in [1.82, 2.24) is 0 Å². The van der Waals surface area contributed by atoms with E-state index in [4.69, 9.17) is 5.73 Å². The van der Waals surface area contributed by atoms with Gasteiger partial charge in [-0.3, -0.25) is 5.73 Å². The Morgan fingerprint density at radius 2 is 2.25 bits per heavy atom. The standard InChI is InChI=1S/C10H11FN2S2.ClH/c1-14-5-4-13-8-3-2-7(11)6-9(8)15-10(13)12;/h2-3,6,12H,4-5H2,1H3;1H. The molecule has 16 heavy (non-hydrogen) atoms. The summed E-state index contributed by atoms with van der Waals surface area (Å²) in [7, 11) is 0. The molecule has 2 nitrogen and oxygen atoms in total. The molecule has 2 rings (SSSR count). The van der Waals surface area contributed by atoms with Crippen molar-refractivity contribution in [2.45, 2.75) is 6.54 Å². The summed E-state index contributed by atoms with van der Waals surface area (Å²) in [6, 6.07) is 4.80. The van der Waals surface area contributed by atoms with E-state index in [-0.39, 0.29) is 18.2 Å². The zero-order valence-corrected chi connectivity index (χ0v) is 11.1. The lowest BCUT2D eigenvalue weighted by Crippen LogP contribution is -3.00. The van der Waals surface area contributed by atoms with Crippen molar-refractivity contribution in [2.24, 2.45) is 0 Å². The monoisotopic (exact) mass is 278 g/mol. The first-order chi connectivity index (χ1) is 7.22. The summed E-state index contributed by atoms with van der Waals surface area (Å²) >= 11 is 3.21. The maximum absolute atomic E-state index is 13.0. The number of nitrogen functional groups attached to an aromatic ring is 1. The molecule has 0 saturated heterocycles. The average Bonchev–Trinajstić information content (AvgIpc) is 2.50. The lowest BCUT2D eigenvalue weighted by Gasteiger charge is -1.97. The van der Waals surface area contributed by atoms with Gasteiger partial charge in [-0.05, 0) is 35.8 Å². The molecule has 0 aliphatic heterocycles. The van der Waals surface area contributed by atoms with E-state index in [1.54, 1.807) is 17.8 Å². The first-order valence-electron chi connectivity index (χ1n) is 4.58. The lowest BCUT2D eigenvalue weighted by atomic mass is 10.3. The number of hydrogen-bond acceptors (Lipinski definition) is 3. The Morgan fingerprint density at radius 1 is 1.50 bits per heavy atom. The molecule has 0 radical (unpaired) electrons. The Labute approximate surface area is 108 Å². The number of anilines is 1. The van der Waals surface area contributed by atoms with Crippen LogP contribution < -0.4 is 22.7 Å². The van der Waals surface area contributed by atoms with Crippen LogP contribution in [0.15, 0.2) is 18.2 Å². The minimum atomic E-state index is -0.208. The van der Waals surface area contributed by atoms with Crippen molar-refractivity contribution >= 4 is 38.4 Å². The number of halogens is 2. The molecule has 0 saturated carbocycles. The summed E-state index contributed by atoms with van der Waals surface area (Å²) in [4.78, 5) is 0. The van der Waals surface area contributed by atoms with Gasteiger partial charge in [-0.1, -0.05) is 0 Å². The van der Waals surface area contributed by atoms with E-state index in [9.17, 15) is 4.39 Å². The van der Waals surface area contributed by atoms with Gasteiger partial charge < -0.3 is 12.4 Å². The average molecular weight is 279 g/mol. The van der Waals surface area contributed by atoms with E-state index in [0.29, 0.717) is 0 Å². The van der Waals surface area contributed by atoms with Crippen LogP contribution in [0.2, 0.25) is 0 Å². The Kier molecular flexibility index (Phi) is 4.83. The first-order valence-corrected chi connectivity index (χ1v) is 6.79. The Morgan fingerprint density at radius 3 is 2.94 bits per heavy atom. The molecule has 0 aliphatic rings. The summed E-state index contributed by atoms with van der Waals surface area (Å²) < 4.78 is 15.9. The molecule has 0 amide bonds. The molecule has 0 unspecified atom stereocenters. The normalized spacial score (nSPS) is 10.4. The van der Waals surface area contributed by atoms with Gasteiger partial charge in [0.1, 0.15) is 17.9 Å². The summed E-state index contributed by atoms with van der Waals surface area (Å²) in [5.41, 5.74) is 6.92. The highest BCUT2D eigenvalue weighted by Crippen LogP contribution is 2.22. The number of aryl methyl sites for hydroxylation is 1. The summed E-state index contributed by atoms with van der Waals surface area (Å²) in [5, 5.41) is 0.740. The molecule has 0 spiro atoms. The van der Waals surface area contributed by atoms with Crippen LogP contribution in [0.1, 0.15) is 0 Å². The second-order valence-electron chi connectivity index (χ2n) is 3.20. The fraction of sp³-hybridized carbons (Fsp3) is 0.300. The maximum atomic E-state index is 13.0. The van der Waals surface area contributed by atoms with E-state index >= 15 is 0 Å². The molecule has 2 N–H and O–H groups in total. The van der Waals surface area contributed by atoms with Crippen LogP contribution in [0.5, 0.6) is 0 Å². The van der Waals surface area contributed by atoms with E-state index < -0.39 is 0 Å². The maximum Gasteiger partial charge on any atom is 0.332 e. The van der Waals surface area contributed by atoms with Gasteiger partial charge in [0.05, 0.1) is 4.70 Å². The second kappa shape index (κ2) is 5.70. The molecule has 1 aromatic heterocycles. The Bertz CT molecular complexity index is 487. The highest BCUT2D eigenvalue weighted by atomic mass is 35.5. The summed E-state index contributed by atoms with van der Waals surface area (Å²) in [6.45, 7) is 0.874. The van der Waals surface area contributed by atoms with Gasteiger partial charge in [-0.2, -0.15) is 11.8 Å². The summed E-state index contributed by atoms with van der Waals surface area (Å²) in [5.74, 6) is 0.804. The number of benzene rings is 1. The molecule has 0 aliphatic carbocycles. The third-order valence-electron chi connectivity index (χ3n) is 2.21. The summed E-state index contributed by atoms with van der Waals surface area (Å²) in [6.07, 6.45) is 2.06. The van der Waals surface area contributed by atoms with Crippen molar-refractivity contribution in [3.63, 3.8) is 0 Å². The third kappa shape index (κ3) is 2.59. The number of rotatable bonds is 3. The molecule has 1 aromatic carbocycles. The minimum absolute atomic E-state index is 0. The van der Waals surface area contributed by atoms with E-state index in [0.717, 1.165) is 27.6 Å². The van der Waals surface area contributed by atoms with Crippen LogP contribution >= 0.6 is 23.1 Å². The molecule has 0 fully saturated rings. The van der Waals surface area contributed by atoms with Crippen molar-refractivity contribution in [3.8, 4) is 0 Å². The van der Waals surface area contributed by atoms with Gasteiger partial charge in [0.15, 0.2) is 0 Å². The zero-order valence-electron chi connectivity index (χ0n) is 8.74. The smallest absolute Gasteiger partial charge is 0.332 e. The van der Waals surface area contributed by atoms with Crippen molar-refractivity contribution < 1.29 is 21.4 Å². The molecule has 0 atom stereocenters. The van der Waals surface area contributed by atoms with Crippen molar-refractivity contribution in [3.05, 3.63) is 24.0 Å². The number of nitrogens with two attached hydrogens (primary N) is 1. The predicted octanol–water partition coefficient (Wildman–Crippen LogP) is -0.723. The third-order valence-corrected chi connectivity index (χ3v) is 3.78. The van der Waals surface area contributed by atoms with Crippen molar-refractivity contribution in [1.29, 1.82) is 0 Å². The molecule has 2 aromatic rings. The van der Waals surface area contributed by atoms with Gasteiger partial charge in [0.2, 0.25) is 0 Å². The Balaban J connectivity index is 0.00000128. The fourth-order valence-electron chi connectivity index (χ4n) is 1.49. The van der Waals surface area contributed by atoms with E-state index in [1.807, 2.05) is 4.57 Å². The van der Waals surface area contributed by atoms with Gasteiger partial charge in [-0.15, -0.1) is 0 Å². The van der Waals surface area contributed by atoms with E-state index in [2.05, 4.69) is 6.26 Å². The SMILES string of the molecule is CSCC[n+]1c(N)sc2cc(F)ccc21.[Cl-]. The van der Waals surface area contributed by atoms with Crippen LogP contribution in [0.25, 0.3) is 10.2 Å². The molecule has 6 heteroatoms. The molecule has 1 heterocycles. The van der Waals surface area contributed by atoms with Gasteiger partial charge in [0, 0.05) is 5.75 Å². The van der Waals surface area contributed by atoms with Crippen LogP contribution in [-0.2, 0) is 6.54 Å². The van der Waals surface area contributed by atoms with Gasteiger partial charge in [-0.25, -0.2) is 8.96 Å². The highest BCUT2D eigenvalue weighted by Gasteiger charge is 2.14. The number of fused-ring (bicyclic) bond motifs is 1. The predicted molar refractivity (Wildman–Crippen MR) is 64.8 cm³/mol. The molecule has 88 valence electrons. The topological polar surface area (TPSA) is 29.9 Å². The number of thioether (sulfide) groups is 1.